The first-order chi connectivity index (χ1) is 31.2. The van der Waals surface area contributed by atoms with Crippen molar-refractivity contribution >= 4 is 51.2 Å². The lowest BCUT2D eigenvalue weighted by molar-refractivity contribution is 0.730. The molecule has 1 heterocycles. The summed E-state index contributed by atoms with van der Waals surface area (Å²) >= 11 is 0. The fraction of sp³-hybridized carbons (Fsp3) is 0.115. The van der Waals surface area contributed by atoms with Gasteiger partial charge in [0.25, 0.3) is 0 Å². The number of rotatable bonds is 9. The van der Waals surface area contributed by atoms with E-state index in [-0.39, 0.29) is 0 Å². The van der Waals surface area contributed by atoms with Crippen LogP contribution in [-0.2, 0) is 5.41 Å². The summed E-state index contributed by atoms with van der Waals surface area (Å²) in [7, 11) is 0. The minimum atomic E-state index is -0.749. The zero-order valence-corrected chi connectivity index (χ0v) is 37.5. The van der Waals surface area contributed by atoms with Crippen LogP contribution in [0.4, 0.5) is 51.2 Å². The molecule has 1 aliphatic rings. The molecule has 312 valence electrons. The molecule has 0 saturated heterocycles. The lowest BCUT2D eigenvalue weighted by atomic mass is 9.62. The molecule has 0 N–H and O–H groups in total. The summed E-state index contributed by atoms with van der Waals surface area (Å²) in [6.07, 6.45) is 0. The largest absolute Gasteiger partial charge is 0.310 e. The Kier molecular flexibility index (Phi) is 10.5. The van der Waals surface area contributed by atoms with Crippen molar-refractivity contribution < 1.29 is 0 Å². The molecule has 0 fully saturated rings. The Morgan fingerprint density at radius 2 is 0.672 bits per heavy atom. The highest BCUT2D eigenvalue weighted by Crippen LogP contribution is 2.59. The Balaban J connectivity index is 1.30. The van der Waals surface area contributed by atoms with E-state index in [2.05, 4.69) is 269 Å². The Morgan fingerprint density at radius 3 is 1.12 bits per heavy atom. The molecule has 0 atom stereocenters. The predicted octanol–water partition coefficient (Wildman–Crippen LogP) is 16.6. The molecule has 0 radical (unpaired) electrons. The molecule has 1 aliphatic heterocycles. The van der Waals surface area contributed by atoms with E-state index in [1.54, 1.807) is 0 Å². The van der Waals surface area contributed by atoms with Crippen LogP contribution >= 0.6 is 0 Å². The highest BCUT2D eigenvalue weighted by Gasteiger charge is 2.47. The quantitative estimate of drug-likeness (QED) is 0.144. The average Bonchev–Trinajstić information content (AvgIpc) is 3.29. The summed E-state index contributed by atoms with van der Waals surface area (Å²) in [5.74, 6) is 0. The Bertz CT molecular complexity index is 2930. The number of para-hydroxylation sites is 1. The summed E-state index contributed by atoms with van der Waals surface area (Å²) in [5, 5.41) is 0. The van der Waals surface area contributed by atoms with Crippen LogP contribution in [-0.4, -0.2) is 0 Å². The van der Waals surface area contributed by atoms with Crippen LogP contribution in [0.1, 0.15) is 55.6 Å². The van der Waals surface area contributed by atoms with Crippen LogP contribution < -0.4 is 14.7 Å². The average molecular weight is 828 g/mol. The number of hydrogen-bond acceptors (Lipinski definition) is 3. The van der Waals surface area contributed by atoms with Gasteiger partial charge in [-0.2, -0.15) is 0 Å². The first-order valence-corrected chi connectivity index (χ1v) is 22.3. The van der Waals surface area contributed by atoms with Crippen molar-refractivity contribution in [2.75, 3.05) is 14.7 Å². The minimum absolute atomic E-state index is 0.749. The fourth-order valence-corrected chi connectivity index (χ4v) is 9.89. The second-order valence-corrected chi connectivity index (χ2v) is 17.6. The van der Waals surface area contributed by atoms with Crippen LogP contribution in [0.5, 0.6) is 0 Å². The van der Waals surface area contributed by atoms with E-state index in [4.69, 9.17) is 0 Å². The number of anilines is 9. The van der Waals surface area contributed by atoms with Crippen molar-refractivity contribution in [3.05, 3.63) is 268 Å². The molecule has 0 unspecified atom stereocenters. The van der Waals surface area contributed by atoms with Crippen molar-refractivity contribution in [2.24, 2.45) is 0 Å². The van der Waals surface area contributed by atoms with Gasteiger partial charge in [-0.15, -0.1) is 0 Å². The number of aryl methyl sites for hydroxylation is 6. The Labute approximate surface area is 379 Å². The third-order valence-electron chi connectivity index (χ3n) is 12.8. The number of hydrogen-bond donors (Lipinski definition) is 0. The standard InChI is InChI=1S/C61H53N3/c1-42-29-32-50(33-30-42)64-59-28-8-7-27-57(59)61(58-39-47(6)31-34-60(58)64,48-19-13-25-55(40-48)62(51-21-9-15-43(2)35-51)52-22-10-16-44(3)36-52)49-20-14-26-56(41-49)63(53-23-11-17-45(4)37-53)54-24-12-18-46(5)38-54/h7-41H,1-6H3. The second kappa shape index (κ2) is 16.6. The van der Waals surface area contributed by atoms with E-state index >= 15 is 0 Å². The van der Waals surface area contributed by atoms with E-state index in [0.717, 1.165) is 51.2 Å². The van der Waals surface area contributed by atoms with Crippen LogP contribution in [0.15, 0.2) is 212 Å². The van der Waals surface area contributed by atoms with Gasteiger partial charge in [0.1, 0.15) is 0 Å². The molecule has 3 heteroatoms. The van der Waals surface area contributed by atoms with Gasteiger partial charge in [-0.25, -0.2) is 0 Å². The van der Waals surface area contributed by atoms with Crippen molar-refractivity contribution in [3.63, 3.8) is 0 Å². The summed E-state index contributed by atoms with van der Waals surface area (Å²) in [6, 6.07) is 79.0. The van der Waals surface area contributed by atoms with Gasteiger partial charge in [0, 0.05) is 39.8 Å². The SMILES string of the molecule is Cc1ccc(N2c3ccccc3C(c3cccc(N(c4cccc(C)c4)c4cccc(C)c4)c3)(c3cccc(N(c4cccc(C)c4)c4cccc(C)c4)c3)c3cc(C)ccc32)cc1. The van der Waals surface area contributed by atoms with Crippen LogP contribution in [0.25, 0.3) is 0 Å². The van der Waals surface area contributed by atoms with Crippen molar-refractivity contribution in [1.29, 1.82) is 0 Å². The van der Waals surface area contributed by atoms with Crippen LogP contribution in [0, 0.1) is 41.5 Å². The van der Waals surface area contributed by atoms with Crippen LogP contribution in [0.2, 0.25) is 0 Å². The normalized spacial score (nSPS) is 12.6. The van der Waals surface area contributed by atoms with E-state index in [1.165, 1.54) is 55.6 Å². The maximum Gasteiger partial charge on any atom is 0.0743 e. The molecular formula is C61H53N3. The molecule has 0 amide bonds. The van der Waals surface area contributed by atoms with Gasteiger partial charge in [0.15, 0.2) is 0 Å². The molecular weight excluding hydrogens is 775 g/mol. The molecule has 64 heavy (non-hydrogen) atoms. The first-order valence-electron chi connectivity index (χ1n) is 22.3. The van der Waals surface area contributed by atoms with Gasteiger partial charge in [-0.3, -0.25) is 0 Å². The highest BCUT2D eigenvalue weighted by molar-refractivity contribution is 5.91. The molecule has 0 saturated carbocycles. The molecule has 0 aliphatic carbocycles. The summed E-state index contributed by atoms with van der Waals surface area (Å²) < 4.78 is 0. The maximum atomic E-state index is 2.47. The number of fused-ring (bicyclic) bond motifs is 2. The van der Waals surface area contributed by atoms with Gasteiger partial charge in [-0.05, 0) is 183 Å². The van der Waals surface area contributed by atoms with E-state index in [1.807, 2.05) is 0 Å². The van der Waals surface area contributed by atoms with Gasteiger partial charge in [-0.1, -0.05) is 126 Å². The van der Waals surface area contributed by atoms with E-state index < -0.39 is 5.41 Å². The van der Waals surface area contributed by atoms with Crippen molar-refractivity contribution in [2.45, 2.75) is 47.0 Å². The molecule has 3 nitrogen and oxygen atoms in total. The predicted molar refractivity (Wildman–Crippen MR) is 271 cm³/mol. The maximum absolute atomic E-state index is 2.47. The molecule has 10 rings (SSSR count). The van der Waals surface area contributed by atoms with Gasteiger partial charge >= 0.3 is 0 Å². The summed E-state index contributed by atoms with van der Waals surface area (Å²) in [4.78, 5) is 7.29. The van der Waals surface area contributed by atoms with Crippen molar-refractivity contribution in [3.8, 4) is 0 Å². The van der Waals surface area contributed by atoms with E-state index in [0.29, 0.717) is 0 Å². The fourth-order valence-electron chi connectivity index (χ4n) is 9.89. The first kappa shape index (κ1) is 40.5. The molecule has 0 bridgehead atoms. The topological polar surface area (TPSA) is 9.72 Å². The molecule has 0 aromatic heterocycles. The van der Waals surface area contributed by atoms with Crippen molar-refractivity contribution in [1.82, 2.24) is 0 Å². The summed E-state index contributed by atoms with van der Waals surface area (Å²) in [6.45, 7) is 13.1. The number of nitrogens with zero attached hydrogens (tertiary/aromatic N) is 3. The molecule has 9 aromatic rings. The Morgan fingerprint density at radius 1 is 0.297 bits per heavy atom. The zero-order valence-electron chi connectivity index (χ0n) is 37.5. The molecule has 9 aromatic carbocycles. The number of benzene rings is 9. The lowest BCUT2D eigenvalue weighted by Gasteiger charge is -2.47. The zero-order chi connectivity index (χ0) is 44.0. The highest BCUT2D eigenvalue weighted by atomic mass is 15.2. The van der Waals surface area contributed by atoms with Gasteiger partial charge in [0.2, 0.25) is 0 Å². The Hall–Kier alpha value is -7.62. The molecule has 0 spiro atoms. The summed E-state index contributed by atoms with van der Waals surface area (Å²) in [5.41, 5.74) is 21.5. The monoisotopic (exact) mass is 827 g/mol. The second-order valence-electron chi connectivity index (χ2n) is 17.6. The minimum Gasteiger partial charge on any atom is -0.310 e. The third kappa shape index (κ3) is 7.23. The smallest absolute Gasteiger partial charge is 0.0743 e. The van der Waals surface area contributed by atoms with Gasteiger partial charge < -0.3 is 14.7 Å². The van der Waals surface area contributed by atoms with Crippen LogP contribution in [0.3, 0.4) is 0 Å². The van der Waals surface area contributed by atoms with E-state index in [9.17, 15) is 0 Å². The van der Waals surface area contributed by atoms with Gasteiger partial charge in [0.05, 0.1) is 16.8 Å². The third-order valence-corrected chi connectivity index (χ3v) is 12.8. The lowest BCUT2D eigenvalue weighted by Crippen LogP contribution is -2.38.